The van der Waals surface area contributed by atoms with Gasteiger partial charge in [-0.1, -0.05) is 6.07 Å². The quantitative estimate of drug-likeness (QED) is 0.442. The molecular weight excluding hydrogens is 422 g/mol. The molecule has 1 saturated carbocycles. The van der Waals surface area contributed by atoms with Crippen molar-refractivity contribution < 1.29 is 19.3 Å². The smallest absolute Gasteiger partial charge is 0.226 e. The summed E-state index contributed by atoms with van der Waals surface area (Å²) in [5.41, 5.74) is 2.37. The summed E-state index contributed by atoms with van der Waals surface area (Å²) in [5.74, 6) is 3.53. The minimum Gasteiger partial charge on any atom is -0.497 e. The van der Waals surface area contributed by atoms with Gasteiger partial charge >= 0.3 is 0 Å². The zero-order valence-corrected chi connectivity index (χ0v) is 18.9. The Bertz CT molecular complexity index is 1310. The van der Waals surface area contributed by atoms with E-state index in [4.69, 9.17) is 29.3 Å². The van der Waals surface area contributed by atoms with Gasteiger partial charge in [0.1, 0.15) is 22.8 Å². The fraction of sp³-hybridized carbons (Fsp3) is 0.375. The lowest BCUT2D eigenvalue weighted by Gasteiger charge is -2.13. The number of nitrogens with zero attached hydrogens (tertiary/aromatic N) is 4. The van der Waals surface area contributed by atoms with Crippen LogP contribution in [0.2, 0.25) is 0 Å². The summed E-state index contributed by atoms with van der Waals surface area (Å²) in [6.07, 6.45) is 2.03. The largest absolute Gasteiger partial charge is 0.497 e. The number of aliphatic hydroxyl groups is 1. The third-order valence-electron chi connectivity index (χ3n) is 6.20. The van der Waals surface area contributed by atoms with Crippen LogP contribution in [-0.4, -0.2) is 52.1 Å². The van der Waals surface area contributed by atoms with Gasteiger partial charge in [-0.25, -0.2) is 9.97 Å². The average molecular weight is 450 g/mol. The van der Waals surface area contributed by atoms with Crippen LogP contribution in [0.5, 0.6) is 17.2 Å². The summed E-state index contributed by atoms with van der Waals surface area (Å²) in [6.45, 7) is 0.466. The van der Waals surface area contributed by atoms with Crippen molar-refractivity contribution in [3.05, 3.63) is 47.8 Å². The molecule has 33 heavy (non-hydrogen) atoms. The van der Waals surface area contributed by atoms with Crippen molar-refractivity contribution in [2.75, 3.05) is 26.6 Å². The van der Waals surface area contributed by atoms with Crippen LogP contribution in [-0.2, 0) is 6.54 Å². The Morgan fingerprint density at radius 1 is 1.03 bits per heavy atom. The van der Waals surface area contributed by atoms with Gasteiger partial charge in [0.05, 0.1) is 27.4 Å². The topological polar surface area (TPSA) is 103 Å². The van der Waals surface area contributed by atoms with Crippen molar-refractivity contribution in [2.24, 2.45) is 0 Å². The Morgan fingerprint density at radius 3 is 2.61 bits per heavy atom. The van der Waals surface area contributed by atoms with Gasteiger partial charge in [0.2, 0.25) is 5.95 Å². The van der Waals surface area contributed by atoms with Crippen LogP contribution in [0, 0.1) is 0 Å². The maximum atomic E-state index is 10.0. The van der Waals surface area contributed by atoms with Crippen LogP contribution < -0.4 is 19.5 Å². The fourth-order valence-electron chi connectivity index (χ4n) is 4.44. The number of methoxy groups -OCH3 is 3. The number of hydrogen-bond donors (Lipinski definition) is 2. The van der Waals surface area contributed by atoms with E-state index in [1.807, 2.05) is 36.4 Å². The zero-order valence-electron chi connectivity index (χ0n) is 18.9. The Kier molecular flexibility index (Phi) is 5.63. The third kappa shape index (κ3) is 3.89. The van der Waals surface area contributed by atoms with E-state index < -0.39 is 0 Å². The standard InChI is InChI=1S/C24H27N5O4/c1-31-17-10-8-15(20(12-17)33-3)13-25-24-26-21-18(5-4-6-19(21)32-2)23-27-22(28-29(23)24)14-7-9-16(30)11-14/h4-6,8,10,12,14,16,30H,7,9,11,13H2,1-3H3,(H,25,26). The first-order valence-electron chi connectivity index (χ1n) is 11.0. The summed E-state index contributed by atoms with van der Waals surface area (Å²) in [7, 11) is 4.89. The van der Waals surface area contributed by atoms with E-state index in [2.05, 4.69) is 5.32 Å². The van der Waals surface area contributed by atoms with E-state index in [1.165, 1.54) is 0 Å². The molecule has 0 aliphatic heterocycles. The number of fused-ring (bicyclic) bond motifs is 3. The molecule has 2 atom stereocenters. The van der Waals surface area contributed by atoms with E-state index in [-0.39, 0.29) is 12.0 Å². The second-order valence-electron chi connectivity index (χ2n) is 8.19. The highest BCUT2D eigenvalue weighted by Gasteiger charge is 2.28. The number of rotatable bonds is 7. The highest BCUT2D eigenvalue weighted by molar-refractivity contribution is 5.96. The molecule has 2 aromatic carbocycles. The van der Waals surface area contributed by atoms with Crippen molar-refractivity contribution in [2.45, 2.75) is 37.8 Å². The molecule has 0 radical (unpaired) electrons. The molecular formula is C24H27N5O4. The van der Waals surface area contributed by atoms with Crippen LogP contribution in [0.15, 0.2) is 36.4 Å². The summed E-state index contributed by atoms with van der Waals surface area (Å²) < 4.78 is 18.1. The number of benzene rings is 2. The number of anilines is 1. The lowest BCUT2D eigenvalue weighted by Crippen LogP contribution is -2.09. The molecule has 4 aromatic rings. The highest BCUT2D eigenvalue weighted by Crippen LogP contribution is 2.35. The lowest BCUT2D eigenvalue weighted by atomic mass is 10.1. The van der Waals surface area contributed by atoms with Crippen LogP contribution in [0.1, 0.15) is 36.6 Å². The number of aliphatic hydroxyl groups excluding tert-OH is 1. The van der Waals surface area contributed by atoms with Gasteiger partial charge in [0.25, 0.3) is 0 Å². The molecule has 0 bridgehead atoms. The van der Waals surface area contributed by atoms with Crippen LogP contribution in [0.25, 0.3) is 16.6 Å². The Morgan fingerprint density at radius 2 is 1.88 bits per heavy atom. The lowest BCUT2D eigenvalue weighted by molar-refractivity contribution is 0.181. The molecule has 9 nitrogen and oxygen atoms in total. The summed E-state index contributed by atoms with van der Waals surface area (Å²) in [5, 5.41) is 19.1. The predicted octanol–water partition coefficient (Wildman–Crippen LogP) is 3.54. The molecule has 0 amide bonds. The summed E-state index contributed by atoms with van der Waals surface area (Å²) in [6, 6.07) is 11.5. The summed E-state index contributed by atoms with van der Waals surface area (Å²) >= 11 is 0. The van der Waals surface area contributed by atoms with Gasteiger partial charge in [0.15, 0.2) is 11.5 Å². The molecule has 172 valence electrons. The monoisotopic (exact) mass is 449 g/mol. The number of para-hydroxylation sites is 1. The maximum absolute atomic E-state index is 10.0. The number of hydrogen-bond acceptors (Lipinski definition) is 8. The Labute approximate surface area is 191 Å². The van der Waals surface area contributed by atoms with E-state index in [0.29, 0.717) is 35.8 Å². The molecule has 0 saturated heterocycles. The Hall–Kier alpha value is -3.59. The van der Waals surface area contributed by atoms with Gasteiger partial charge < -0.3 is 24.6 Å². The van der Waals surface area contributed by atoms with Crippen molar-refractivity contribution in [1.29, 1.82) is 0 Å². The van der Waals surface area contributed by atoms with Crippen molar-refractivity contribution in [1.82, 2.24) is 19.6 Å². The average Bonchev–Trinajstić information content (AvgIpc) is 3.48. The molecule has 5 rings (SSSR count). The zero-order chi connectivity index (χ0) is 22.9. The first-order valence-corrected chi connectivity index (χ1v) is 11.0. The Balaban J connectivity index is 1.58. The second kappa shape index (κ2) is 8.74. The van der Waals surface area contributed by atoms with Crippen LogP contribution in [0.3, 0.4) is 0 Å². The van der Waals surface area contributed by atoms with Gasteiger partial charge in [-0.3, -0.25) is 0 Å². The van der Waals surface area contributed by atoms with E-state index in [9.17, 15) is 5.11 Å². The molecule has 1 aliphatic rings. The predicted molar refractivity (Wildman–Crippen MR) is 124 cm³/mol. The molecule has 9 heteroatoms. The molecule has 2 N–H and O–H groups in total. The van der Waals surface area contributed by atoms with E-state index in [0.717, 1.165) is 41.1 Å². The molecule has 1 fully saturated rings. The first kappa shape index (κ1) is 21.3. The SMILES string of the molecule is COc1ccc(CNc2nc3c(OC)cccc3c3nc(C4CCC(O)C4)nn23)c(OC)c1. The molecule has 2 unspecified atom stereocenters. The maximum Gasteiger partial charge on any atom is 0.226 e. The van der Waals surface area contributed by atoms with Crippen molar-refractivity contribution >= 4 is 22.5 Å². The summed E-state index contributed by atoms with van der Waals surface area (Å²) in [4.78, 5) is 9.71. The second-order valence-corrected chi connectivity index (χ2v) is 8.19. The van der Waals surface area contributed by atoms with Crippen LogP contribution in [0.4, 0.5) is 5.95 Å². The number of aromatic nitrogens is 4. The minimum absolute atomic E-state index is 0.134. The van der Waals surface area contributed by atoms with Gasteiger partial charge in [-0.05, 0) is 43.5 Å². The van der Waals surface area contributed by atoms with Gasteiger partial charge in [-0.2, -0.15) is 4.52 Å². The minimum atomic E-state index is -0.295. The highest BCUT2D eigenvalue weighted by atomic mass is 16.5. The van der Waals surface area contributed by atoms with Crippen molar-refractivity contribution in [3.63, 3.8) is 0 Å². The molecule has 1 aliphatic carbocycles. The molecule has 0 spiro atoms. The fourth-order valence-corrected chi connectivity index (χ4v) is 4.44. The number of nitrogens with one attached hydrogen (secondary N) is 1. The van der Waals surface area contributed by atoms with Crippen molar-refractivity contribution in [3.8, 4) is 17.2 Å². The molecule has 2 aromatic heterocycles. The number of ether oxygens (including phenoxy) is 3. The van der Waals surface area contributed by atoms with Gasteiger partial charge in [0, 0.05) is 29.5 Å². The van der Waals surface area contributed by atoms with Crippen LogP contribution >= 0.6 is 0 Å². The van der Waals surface area contributed by atoms with E-state index >= 15 is 0 Å². The first-order chi connectivity index (χ1) is 16.1. The van der Waals surface area contributed by atoms with Gasteiger partial charge in [-0.15, -0.1) is 5.10 Å². The normalized spacial score (nSPS) is 18.1. The third-order valence-corrected chi connectivity index (χ3v) is 6.20. The molecule has 2 heterocycles. The van der Waals surface area contributed by atoms with E-state index in [1.54, 1.807) is 25.8 Å².